The summed E-state index contributed by atoms with van der Waals surface area (Å²) in [5, 5.41) is 7.53. The van der Waals surface area contributed by atoms with E-state index in [0.29, 0.717) is 9.71 Å². The largest absolute Gasteiger partial charge is 0.325 e. The number of carbonyl (C=O) groups excluding carboxylic acids is 1. The lowest BCUT2D eigenvalue weighted by Gasteiger charge is -2.12. The number of hydrogen-bond donors (Lipinski definition) is 1. The second-order valence-corrected chi connectivity index (χ2v) is 8.84. The number of rotatable bonds is 5. The van der Waals surface area contributed by atoms with Crippen LogP contribution in [0.15, 0.2) is 46.8 Å². The van der Waals surface area contributed by atoms with Crippen molar-refractivity contribution >= 4 is 46.9 Å². The van der Waals surface area contributed by atoms with Crippen LogP contribution in [0.2, 0.25) is 0 Å². The molecule has 1 heterocycles. The van der Waals surface area contributed by atoms with Gasteiger partial charge >= 0.3 is 0 Å². The second kappa shape index (κ2) is 8.16. The van der Waals surface area contributed by atoms with Crippen molar-refractivity contribution in [3.8, 4) is 5.69 Å². The van der Waals surface area contributed by atoms with Gasteiger partial charge in [-0.15, -0.1) is 5.10 Å². The number of nitrogens with one attached hydrogen (secondary N) is 1. The SMILES string of the molecule is Cc1cc(C)c(NC(=O)CSc2nn(-c3ccccc3)c(=S)s2)c(C)c1. The van der Waals surface area contributed by atoms with Crippen LogP contribution in [0.5, 0.6) is 0 Å². The van der Waals surface area contributed by atoms with E-state index in [1.807, 2.05) is 44.2 Å². The predicted molar refractivity (Wildman–Crippen MR) is 112 cm³/mol. The van der Waals surface area contributed by atoms with E-state index in [1.165, 1.54) is 28.7 Å². The van der Waals surface area contributed by atoms with E-state index in [0.717, 1.165) is 26.8 Å². The summed E-state index contributed by atoms with van der Waals surface area (Å²) in [6, 6.07) is 13.9. The third-order valence-electron chi connectivity index (χ3n) is 3.80. The zero-order valence-corrected chi connectivity index (χ0v) is 17.2. The molecule has 0 aliphatic carbocycles. The van der Waals surface area contributed by atoms with Crippen molar-refractivity contribution in [2.45, 2.75) is 25.1 Å². The molecule has 0 unspecified atom stereocenters. The van der Waals surface area contributed by atoms with Crippen molar-refractivity contribution in [1.29, 1.82) is 0 Å². The molecule has 1 N–H and O–H groups in total. The van der Waals surface area contributed by atoms with Gasteiger partial charge in [-0.1, -0.05) is 59.0 Å². The van der Waals surface area contributed by atoms with Crippen LogP contribution in [-0.4, -0.2) is 21.4 Å². The first-order chi connectivity index (χ1) is 12.4. The Balaban J connectivity index is 1.67. The van der Waals surface area contributed by atoms with Crippen LogP contribution in [0.4, 0.5) is 5.69 Å². The molecule has 3 aromatic rings. The van der Waals surface area contributed by atoms with Crippen LogP contribution in [-0.2, 0) is 4.79 Å². The molecule has 0 spiro atoms. The molecule has 0 aliphatic rings. The Hall–Kier alpha value is -1.96. The van der Waals surface area contributed by atoms with Crippen LogP contribution < -0.4 is 5.32 Å². The molecule has 0 bridgehead atoms. The zero-order valence-electron chi connectivity index (χ0n) is 14.8. The van der Waals surface area contributed by atoms with Gasteiger partial charge in [-0.3, -0.25) is 4.79 Å². The number of carbonyl (C=O) groups is 1. The molecular weight excluding hydrogens is 382 g/mol. The Bertz CT molecular complexity index is 970. The van der Waals surface area contributed by atoms with E-state index < -0.39 is 0 Å². The molecule has 0 saturated carbocycles. The van der Waals surface area contributed by atoms with Gasteiger partial charge in [0.2, 0.25) is 5.91 Å². The molecule has 1 amide bonds. The molecular formula is C19H19N3OS3. The van der Waals surface area contributed by atoms with Crippen LogP contribution in [0.25, 0.3) is 5.69 Å². The molecule has 0 saturated heterocycles. The van der Waals surface area contributed by atoms with E-state index in [1.54, 1.807) is 4.68 Å². The Morgan fingerprint density at radius 1 is 1.19 bits per heavy atom. The van der Waals surface area contributed by atoms with Gasteiger partial charge in [0.1, 0.15) is 0 Å². The number of nitrogens with zero attached hydrogens (tertiary/aromatic N) is 2. The molecule has 0 radical (unpaired) electrons. The van der Waals surface area contributed by atoms with E-state index in [9.17, 15) is 4.79 Å². The molecule has 1 aromatic heterocycles. The monoisotopic (exact) mass is 401 g/mol. The minimum Gasteiger partial charge on any atom is -0.325 e. The number of hydrogen-bond acceptors (Lipinski definition) is 5. The van der Waals surface area contributed by atoms with Crippen molar-refractivity contribution in [1.82, 2.24) is 9.78 Å². The van der Waals surface area contributed by atoms with Gasteiger partial charge in [-0.05, 0) is 56.2 Å². The van der Waals surface area contributed by atoms with Gasteiger partial charge in [0, 0.05) is 5.69 Å². The molecule has 3 rings (SSSR count). The van der Waals surface area contributed by atoms with E-state index in [4.69, 9.17) is 12.2 Å². The fourth-order valence-corrected chi connectivity index (χ4v) is 4.89. The van der Waals surface area contributed by atoms with Gasteiger partial charge in [-0.2, -0.15) is 0 Å². The van der Waals surface area contributed by atoms with E-state index >= 15 is 0 Å². The quantitative estimate of drug-likeness (QED) is 0.464. The Morgan fingerprint density at radius 2 is 1.85 bits per heavy atom. The average molecular weight is 402 g/mol. The molecule has 2 aromatic carbocycles. The fourth-order valence-electron chi connectivity index (χ4n) is 2.73. The third-order valence-corrected chi connectivity index (χ3v) is 6.16. The predicted octanol–water partition coefficient (Wildman–Crippen LogP) is 5.32. The van der Waals surface area contributed by atoms with Crippen molar-refractivity contribution in [2.24, 2.45) is 0 Å². The number of amides is 1. The molecule has 4 nitrogen and oxygen atoms in total. The number of para-hydroxylation sites is 1. The zero-order chi connectivity index (χ0) is 18.7. The maximum absolute atomic E-state index is 12.3. The summed E-state index contributed by atoms with van der Waals surface area (Å²) in [6.07, 6.45) is 0. The number of benzene rings is 2. The highest BCUT2D eigenvalue weighted by Gasteiger charge is 2.11. The first-order valence-electron chi connectivity index (χ1n) is 8.10. The van der Waals surface area contributed by atoms with Crippen LogP contribution >= 0.6 is 35.3 Å². The lowest BCUT2D eigenvalue weighted by molar-refractivity contribution is -0.113. The minimum atomic E-state index is -0.0440. The van der Waals surface area contributed by atoms with Gasteiger partial charge in [0.25, 0.3) is 0 Å². The van der Waals surface area contributed by atoms with Gasteiger partial charge in [0.15, 0.2) is 8.29 Å². The first-order valence-corrected chi connectivity index (χ1v) is 10.3. The standard InChI is InChI=1S/C19H19N3OS3/c1-12-9-13(2)17(14(3)10-12)20-16(23)11-25-18-21-22(19(24)26-18)15-7-5-4-6-8-15/h4-10H,11H2,1-3H3,(H,20,23). The Kier molecular flexibility index (Phi) is 5.90. The maximum atomic E-state index is 12.3. The van der Waals surface area contributed by atoms with Gasteiger partial charge in [0.05, 0.1) is 11.4 Å². The maximum Gasteiger partial charge on any atom is 0.234 e. The van der Waals surface area contributed by atoms with Crippen molar-refractivity contribution in [3.05, 3.63) is 63.1 Å². The van der Waals surface area contributed by atoms with E-state index in [-0.39, 0.29) is 5.91 Å². The van der Waals surface area contributed by atoms with Gasteiger partial charge in [-0.25, -0.2) is 4.68 Å². The van der Waals surface area contributed by atoms with Crippen molar-refractivity contribution < 1.29 is 4.79 Å². The van der Waals surface area contributed by atoms with Crippen molar-refractivity contribution in [2.75, 3.05) is 11.1 Å². The highest BCUT2D eigenvalue weighted by Crippen LogP contribution is 2.25. The normalized spacial score (nSPS) is 10.7. The van der Waals surface area contributed by atoms with Crippen LogP contribution in [0, 0.1) is 24.7 Å². The summed E-state index contributed by atoms with van der Waals surface area (Å²) in [7, 11) is 0. The summed E-state index contributed by atoms with van der Waals surface area (Å²) in [5.41, 5.74) is 5.16. The average Bonchev–Trinajstić information content (AvgIpc) is 2.98. The molecule has 0 atom stereocenters. The second-order valence-electron chi connectivity index (χ2n) is 5.99. The smallest absolute Gasteiger partial charge is 0.234 e. The number of aryl methyl sites for hydroxylation is 3. The number of thioether (sulfide) groups is 1. The van der Waals surface area contributed by atoms with Crippen LogP contribution in [0.1, 0.15) is 16.7 Å². The summed E-state index contributed by atoms with van der Waals surface area (Å²) in [5.74, 6) is 0.251. The van der Waals surface area contributed by atoms with Crippen molar-refractivity contribution in [3.63, 3.8) is 0 Å². The molecule has 0 fully saturated rings. The molecule has 0 aliphatic heterocycles. The fraction of sp³-hybridized carbons (Fsp3) is 0.211. The lowest BCUT2D eigenvalue weighted by Crippen LogP contribution is -2.16. The third kappa shape index (κ3) is 4.41. The molecule has 7 heteroatoms. The first kappa shape index (κ1) is 18.8. The Morgan fingerprint density at radius 3 is 2.50 bits per heavy atom. The van der Waals surface area contributed by atoms with Gasteiger partial charge < -0.3 is 5.32 Å². The summed E-state index contributed by atoms with van der Waals surface area (Å²) < 4.78 is 3.18. The molecule has 134 valence electrons. The van der Waals surface area contributed by atoms with Crippen LogP contribution in [0.3, 0.4) is 0 Å². The summed E-state index contributed by atoms with van der Waals surface area (Å²) in [6.45, 7) is 6.07. The minimum absolute atomic E-state index is 0.0440. The highest BCUT2D eigenvalue weighted by molar-refractivity contribution is 8.01. The lowest BCUT2D eigenvalue weighted by atomic mass is 10.1. The highest BCUT2D eigenvalue weighted by atomic mass is 32.2. The topological polar surface area (TPSA) is 46.9 Å². The summed E-state index contributed by atoms with van der Waals surface area (Å²) >= 11 is 8.21. The van der Waals surface area contributed by atoms with E-state index in [2.05, 4.69) is 29.5 Å². The summed E-state index contributed by atoms with van der Waals surface area (Å²) in [4.78, 5) is 12.3. The molecule has 26 heavy (non-hydrogen) atoms. The number of anilines is 1. The Labute approximate surface area is 166 Å². The number of aromatic nitrogens is 2.